The highest BCUT2D eigenvalue weighted by molar-refractivity contribution is 5.48. The van der Waals surface area contributed by atoms with Gasteiger partial charge in [0.2, 0.25) is 5.95 Å². The number of aryl methyl sites for hydroxylation is 1. The number of nitrogens with zero attached hydrogens (tertiary/aromatic N) is 7. The maximum atomic E-state index is 13.9. The van der Waals surface area contributed by atoms with Gasteiger partial charge < -0.3 is 19.4 Å². The zero-order valence-corrected chi connectivity index (χ0v) is 14.8. The number of aromatic nitrogens is 4. The number of morpholine rings is 1. The van der Waals surface area contributed by atoms with E-state index in [0.29, 0.717) is 18.9 Å². The number of hydrogen-bond donors (Lipinski definition) is 0. The molecule has 0 bridgehead atoms. The maximum absolute atomic E-state index is 13.9. The molecule has 26 heavy (non-hydrogen) atoms. The van der Waals surface area contributed by atoms with Crippen LogP contribution in [0.3, 0.4) is 0 Å². The van der Waals surface area contributed by atoms with Crippen molar-refractivity contribution < 1.29 is 9.13 Å². The minimum atomic E-state index is -0.387. The zero-order valence-electron chi connectivity index (χ0n) is 14.8. The first-order valence-electron chi connectivity index (χ1n) is 8.84. The summed E-state index contributed by atoms with van der Waals surface area (Å²) in [6.07, 6.45) is 2.58. The minimum Gasteiger partial charge on any atom is -0.378 e. The Hall–Kier alpha value is -2.55. The Balaban J connectivity index is 1.47. The molecule has 4 rings (SSSR count). The molecule has 138 valence electrons. The van der Waals surface area contributed by atoms with Crippen molar-refractivity contribution >= 4 is 17.6 Å². The molecule has 9 heteroatoms. The second-order valence-corrected chi connectivity index (χ2v) is 6.44. The van der Waals surface area contributed by atoms with E-state index in [9.17, 15) is 4.39 Å². The van der Waals surface area contributed by atoms with Crippen LogP contribution in [-0.2, 0) is 4.74 Å². The van der Waals surface area contributed by atoms with Crippen LogP contribution >= 0.6 is 0 Å². The van der Waals surface area contributed by atoms with Crippen LogP contribution < -0.4 is 14.7 Å². The van der Waals surface area contributed by atoms with Crippen molar-refractivity contribution in [1.29, 1.82) is 0 Å². The van der Waals surface area contributed by atoms with Crippen LogP contribution in [0.5, 0.6) is 0 Å². The lowest BCUT2D eigenvalue weighted by Crippen LogP contribution is -2.48. The van der Waals surface area contributed by atoms with Crippen LogP contribution in [0.1, 0.15) is 5.69 Å². The highest BCUT2D eigenvalue weighted by atomic mass is 19.1. The molecular weight excluding hydrogens is 337 g/mol. The van der Waals surface area contributed by atoms with Gasteiger partial charge in [-0.3, -0.25) is 0 Å². The molecule has 0 unspecified atom stereocenters. The van der Waals surface area contributed by atoms with E-state index in [1.807, 2.05) is 17.9 Å². The fourth-order valence-corrected chi connectivity index (χ4v) is 3.29. The average molecular weight is 359 g/mol. The lowest BCUT2D eigenvalue weighted by Gasteiger charge is -2.36. The average Bonchev–Trinajstić information content (AvgIpc) is 2.69. The van der Waals surface area contributed by atoms with Crippen molar-refractivity contribution in [1.82, 2.24) is 19.9 Å². The normalized spacial score (nSPS) is 18.3. The predicted octanol–water partition coefficient (Wildman–Crippen LogP) is 0.877. The van der Waals surface area contributed by atoms with Gasteiger partial charge in [0.05, 0.1) is 19.4 Å². The van der Waals surface area contributed by atoms with Gasteiger partial charge in [0.15, 0.2) is 11.6 Å². The molecule has 2 aromatic rings. The van der Waals surface area contributed by atoms with Crippen molar-refractivity contribution in [3.63, 3.8) is 0 Å². The van der Waals surface area contributed by atoms with Gasteiger partial charge in [-0.2, -0.15) is 4.98 Å². The highest BCUT2D eigenvalue weighted by Gasteiger charge is 2.23. The van der Waals surface area contributed by atoms with Crippen LogP contribution in [0.25, 0.3) is 0 Å². The molecule has 2 aromatic heterocycles. The highest BCUT2D eigenvalue weighted by Crippen LogP contribution is 2.21. The summed E-state index contributed by atoms with van der Waals surface area (Å²) in [7, 11) is 0. The third-order valence-electron chi connectivity index (χ3n) is 4.67. The van der Waals surface area contributed by atoms with E-state index >= 15 is 0 Å². The van der Waals surface area contributed by atoms with E-state index in [2.05, 4.69) is 24.8 Å². The van der Waals surface area contributed by atoms with Gasteiger partial charge in [0.25, 0.3) is 0 Å². The first-order valence-corrected chi connectivity index (χ1v) is 8.84. The van der Waals surface area contributed by atoms with Crippen molar-refractivity contribution in [2.45, 2.75) is 6.92 Å². The topological polar surface area (TPSA) is 70.5 Å². The van der Waals surface area contributed by atoms with E-state index in [4.69, 9.17) is 9.72 Å². The molecule has 0 spiro atoms. The van der Waals surface area contributed by atoms with Crippen molar-refractivity contribution in [3.8, 4) is 0 Å². The molecule has 2 saturated heterocycles. The lowest BCUT2D eigenvalue weighted by atomic mass is 10.3. The fourth-order valence-electron chi connectivity index (χ4n) is 3.29. The quantitative estimate of drug-likeness (QED) is 0.800. The smallest absolute Gasteiger partial charge is 0.227 e. The Labute approximate surface area is 151 Å². The van der Waals surface area contributed by atoms with Crippen molar-refractivity contribution in [2.75, 3.05) is 67.2 Å². The summed E-state index contributed by atoms with van der Waals surface area (Å²) in [6.45, 7) is 7.89. The fraction of sp³-hybridized carbons (Fsp3) is 0.529. The van der Waals surface area contributed by atoms with Gasteiger partial charge in [-0.1, -0.05) is 0 Å². The lowest BCUT2D eigenvalue weighted by molar-refractivity contribution is 0.122. The molecule has 0 amide bonds. The summed E-state index contributed by atoms with van der Waals surface area (Å²) in [5.41, 5.74) is 0.945. The number of hydrogen-bond acceptors (Lipinski definition) is 8. The Morgan fingerprint density at radius 3 is 2.42 bits per heavy atom. The molecule has 0 aliphatic carbocycles. The van der Waals surface area contributed by atoms with E-state index < -0.39 is 0 Å². The second kappa shape index (κ2) is 7.36. The molecule has 8 nitrogen and oxygen atoms in total. The molecule has 2 aliphatic heterocycles. The van der Waals surface area contributed by atoms with Gasteiger partial charge in [-0.15, -0.1) is 0 Å². The van der Waals surface area contributed by atoms with Gasteiger partial charge >= 0.3 is 0 Å². The molecule has 0 saturated carbocycles. The summed E-state index contributed by atoms with van der Waals surface area (Å²) in [4.78, 5) is 23.5. The Morgan fingerprint density at radius 1 is 0.962 bits per heavy atom. The third kappa shape index (κ3) is 3.52. The molecule has 0 aromatic carbocycles. The standard InChI is InChI=1S/C17H22FN7O/c1-13-10-15(23-6-8-26-9-7-23)22-17(21-13)25-4-2-24(3-5-25)16-14(18)11-19-12-20-16/h10-12H,2-9H2,1H3. The maximum Gasteiger partial charge on any atom is 0.227 e. The van der Waals surface area contributed by atoms with Crippen LogP contribution in [0.15, 0.2) is 18.6 Å². The molecular formula is C17H22FN7O. The Bertz CT molecular complexity index is 761. The SMILES string of the molecule is Cc1cc(N2CCOCC2)nc(N2CCN(c3ncncc3F)CC2)n1. The summed E-state index contributed by atoms with van der Waals surface area (Å²) < 4.78 is 19.3. The number of piperazine rings is 1. The third-order valence-corrected chi connectivity index (χ3v) is 4.67. The number of rotatable bonds is 3. The Kier molecular flexibility index (Phi) is 4.79. The van der Waals surface area contributed by atoms with Crippen LogP contribution in [0.4, 0.5) is 22.0 Å². The van der Waals surface area contributed by atoms with Gasteiger partial charge in [0, 0.05) is 51.0 Å². The van der Waals surface area contributed by atoms with Gasteiger partial charge in [0.1, 0.15) is 12.1 Å². The first kappa shape index (κ1) is 16.9. The van der Waals surface area contributed by atoms with E-state index in [1.54, 1.807) is 0 Å². The molecule has 4 heterocycles. The predicted molar refractivity (Wildman–Crippen MR) is 96.2 cm³/mol. The van der Waals surface area contributed by atoms with Crippen molar-refractivity contribution in [3.05, 3.63) is 30.1 Å². The van der Waals surface area contributed by atoms with E-state index in [0.717, 1.165) is 56.9 Å². The molecule has 0 atom stereocenters. The van der Waals surface area contributed by atoms with E-state index in [1.165, 1.54) is 12.5 Å². The van der Waals surface area contributed by atoms with E-state index in [-0.39, 0.29) is 5.82 Å². The van der Waals surface area contributed by atoms with Crippen LogP contribution in [-0.4, -0.2) is 72.4 Å². The summed E-state index contributed by atoms with van der Waals surface area (Å²) in [5, 5.41) is 0. The largest absolute Gasteiger partial charge is 0.378 e. The number of anilines is 3. The van der Waals surface area contributed by atoms with Gasteiger partial charge in [-0.25, -0.2) is 19.3 Å². The number of ether oxygens (including phenoxy) is 1. The monoisotopic (exact) mass is 359 g/mol. The zero-order chi connectivity index (χ0) is 17.9. The first-order chi connectivity index (χ1) is 12.7. The number of halogens is 1. The summed E-state index contributed by atoms with van der Waals surface area (Å²) >= 11 is 0. The Morgan fingerprint density at radius 2 is 1.69 bits per heavy atom. The summed E-state index contributed by atoms with van der Waals surface area (Å²) in [5.74, 6) is 1.65. The molecule has 0 N–H and O–H groups in total. The minimum absolute atomic E-state index is 0.360. The van der Waals surface area contributed by atoms with Crippen LogP contribution in [0, 0.1) is 12.7 Å². The van der Waals surface area contributed by atoms with Crippen LogP contribution in [0.2, 0.25) is 0 Å². The molecule has 2 aliphatic rings. The van der Waals surface area contributed by atoms with Crippen molar-refractivity contribution in [2.24, 2.45) is 0 Å². The molecule has 2 fully saturated rings. The van der Waals surface area contributed by atoms with Gasteiger partial charge in [-0.05, 0) is 6.92 Å². The second-order valence-electron chi connectivity index (χ2n) is 6.44. The summed E-state index contributed by atoms with van der Waals surface area (Å²) in [6, 6.07) is 2.02. The molecule has 0 radical (unpaired) electrons.